The second-order valence-electron chi connectivity index (χ2n) is 25.0. The zero-order valence-corrected chi connectivity index (χ0v) is 57.2. The summed E-state index contributed by atoms with van der Waals surface area (Å²) in [5, 5.41) is 3.04. The lowest BCUT2D eigenvalue weighted by atomic mass is 10.0. The van der Waals surface area contributed by atoms with Crippen LogP contribution in [0.15, 0.2) is 97.2 Å². The fourth-order valence-corrected chi connectivity index (χ4v) is 10.8. The number of allylic oxidation sites excluding steroid dienone is 15. The van der Waals surface area contributed by atoms with Gasteiger partial charge in [0.2, 0.25) is 5.91 Å². The van der Waals surface area contributed by atoms with E-state index >= 15 is 0 Å². The quantitative estimate of drug-likeness (QED) is 0.0212. The van der Waals surface area contributed by atoms with Gasteiger partial charge in [-0.2, -0.15) is 0 Å². The fraction of sp³-hybridized carbons (Fsp3) is 0.760. The van der Waals surface area contributed by atoms with Crippen LogP contribution in [0.1, 0.15) is 316 Å². The highest BCUT2D eigenvalue weighted by Crippen LogP contribution is 2.38. The van der Waals surface area contributed by atoms with Gasteiger partial charge in [0.25, 0.3) is 7.82 Å². The third-order valence-electron chi connectivity index (χ3n) is 15.5. The number of quaternary nitrogens is 1. The van der Waals surface area contributed by atoms with Crippen LogP contribution in [0.5, 0.6) is 0 Å². The van der Waals surface area contributed by atoms with Gasteiger partial charge in [-0.25, -0.2) is 0 Å². The summed E-state index contributed by atoms with van der Waals surface area (Å²) in [5.74, 6) is -0.550. The van der Waals surface area contributed by atoms with Gasteiger partial charge in [0.15, 0.2) is 0 Å². The first-order chi connectivity index (χ1) is 41.4. The van der Waals surface area contributed by atoms with Crippen molar-refractivity contribution in [1.82, 2.24) is 5.32 Å². The summed E-state index contributed by atoms with van der Waals surface area (Å²) in [4.78, 5) is 40.2. The third kappa shape index (κ3) is 65.2. The number of carbonyl (C=O) groups is 2. The first-order valence-corrected chi connectivity index (χ1v) is 37.0. The molecule has 1 amide bonds. The number of esters is 1. The molecule has 0 bridgehead atoms. The number of amides is 1. The van der Waals surface area contributed by atoms with Crippen molar-refractivity contribution < 1.29 is 37.3 Å². The number of rotatable bonds is 64. The maximum Gasteiger partial charge on any atom is 0.306 e. The Hall–Kier alpha value is -3.07. The van der Waals surface area contributed by atoms with Crippen LogP contribution in [0.3, 0.4) is 0 Å². The lowest BCUT2D eigenvalue weighted by Crippen LogP contribution is -2.47. The van der Waals surface area contributed by atoms with Crippen molar-refractivity contribution >= 4 is 19.7 Å². The summed E-state index contributed by atoms with van der Waals surface area (Å²) < 4.78 is 30.5. The second-order valence-corrected chi connectivity index (χ2v) is 26.4. The molecule has 85 heavy (non-hydrogen) atoms. The minimum absolute atomic E-state index is 0.0276. The van der Waals surface area contributed by atoms with E-state index in [1.807, 2.05) is 33.3 Å². The molecule has 3 unspecified atom stereocenters. The van der Waals surface area contributed by atoms with E-state index in [9.17, 15) is 19.0 Å². The van der Waals surface area contributed by atoms with Gasteiger partial charge >= 0.3 is 5.97 Å². The molecule has 0 aliphatic heterocycles. The molecule has 0 aromatic heterocycles. The molecule has 9 nitrogen and oxygen atoms in total. The van der Waals surface area contributed by atoms with Gasteiger partial charge in [0.1, 0.15) is 19.3 Å². The van der Waals surface area contributed by atoms with Crippen LogP contribution in [0.2, 0.25) is 0 Å². The molecule has 0 aromatic carbocycles. The first kappa shape index (κ1) is 81.9. The van der Waals surface area contributed by atoms with Crippen molar-refractivity contribution in [1.29, 1.82) is 0 Å². The number of unbranched alkanes of at least 4 members (excludes halogenated alkanes) is 34. The average molecular weight is 1210 g/mol. The number of carbonyl (C=O) groups excluding carboxylic acids is 2. The van der Waals surface area contributed by atoms with Gasteiger partial charge in [0, 0.05) is 12.8 Å². The van der Waals surface area contributed by atoms with Gasteiger partial charge < -0.3 is 28.5 Å². The Labute approximate surface area is 526 Å². The Morgan fingerprint density at radius 3 is 1.15 bits per heavy atom. The van der Waals surface area contributed by atoms with E-state index in [0.717, 1.165) is 103 Å². The van der Waals surface area contributed by atoms with Gasteiger partial charge in [-0.3, -0.25) is 14.2 Å². The van der Waals surface area contributed by atoms with Gasteiger partial charge in [0.05, 0.1) is 33.8 Å². The zero-order valence-electron chi connectivity index (χ0n) is 56.3. The topological polar surface area (TPSA) is 114 Å². The Bertz CT molecular complexity index is 1780. The van der Waals surface area contributed by atoms with Crippen molar-refractivity contribution in [2.45, 2.75) is 328 Å². The lowest BCUT2D eigenvalue weighted by Gasteiger charge is -2.30. The number of phosphoric ester groups is 1. The highest BCUT2D eigenvalue weighted by atomic mass is 31.2. The van der Waals surface area contributed by atoms with E-state index in [4.69, 9.17) is 13.8 Å². The molecule has 0 saturated carbocycles. The van der Waals surface area contributed by atoms with Gasteiger partial charge in [-0.05, 0) is 109 Å². The zero-order chi connectivity index (χ0) is 62.1. The van der Waals surface area contributed by atoms with Crippen LogP contribution in [0, 0.1) is 0 Å². The number of likely N-dealkylation sites (N-methyl/N-ethyl adjacent to an activating group) is 1. The molecule has 492 valence electrons. The number of nitrogens with zero attached hydrogens (tertiary/aromatic N) is 1. The van der Waals surface area contributed by atoms with E-state index in [2.05, 4.69) is 111 Å². The monoisotopic (exact) mass is 1210 g/mol. The highest BCUT2D eigenvalue weighted by Gasteiger charge is 2.27. The molecule has 0 aliphatic rings. The molecule has 0 rings (SSSR count). The highest BCUT2D eigenvalue weighted by molar-refractivity contribution is 7.45. The molecule has 10 heteroatoms. The molecule has 0 radical (unpaired) electrons. The van der Waals surface area contributed by atoms with Crippen LogP contribution in [-0.2, 0) is 27.9 Å². The van der Waals surface area contributed by atoms with E-state index in [1.165, 1.54) is 173 Å². The van der Waals surface area contributed by atoms with Gasteiger partial charge in [-0.1, -0.05) is 292 Å². The lowest BCUT2D eigenvalue weighted by molar-refractivity contribution is -0.870. The normalized spacial score (nSPS) is 14.1. The maximum atomic E-state index is 13.6. The molecule has 3 atom stereocenters. The van der Waals surface area contributed by atoms with Crippen molar-refractivity contribution in [3.05, 3.63) is 97.2 Å². The largest absolute Gasteiger partial charge is 0.756 e. The molecule has 0 saturated heterocycles. The van der Waals surface area contributed by atoms with E-state index in [0.29, 0.717) is 23.9 Å². The van der Waals surface area contributed by atoms with Gasteiger partial charge in [-0.15, -0.1) is 0 Å². The smallest absolute Gasteiger partial charge is 0.306 e. The maximum absolute atomic E-state index is 13.6. The minimum Gasteiger partial charge on any atom is -0.756 e. The van der Waals surface area contributed by atoms with Crippen molar-refractivity contribution in [3.8, 4) is 0 Å². The molecule has 0 fully saturated rings. The summed E-state index contributed by atoms with van der Waals surface area (Å²) in [6.45, 7) is 6.72. The van der Waals surface area contributed by atoms with Crippen LogP contribution >= 0.6 is 7.82 Å². The predicted octanol–water partition coefficient (Wildman–Crippen LogP) is 22.0. The summed E-state index contributed by atoms with van der Waals surface area (Å²) in [5.41, 5.74) is 0. The summed E-state index contributed by atoms with van der Waals surface area (Å²) in [6.07, 6.45) is 86.6. The first-order valence-electron chi connectivity index (χ1n) is 35.5. The Kier molecular flexibility index (Phi) is 61.6. The Balaban J connectivity index is 5.14. The second kappa shape index (κ2) is 63.9. The predicted molar refractivity (Wildman–Crippen MR) is 367 cm³/mol. The molecular formula is C75H135N2O7P. The van der Waals surface area contributed by atoms with E-state index < -0.39 is 26.6 Å². The summed E-state index contributed by atoms with van der Waals surface area (Å²) in [6, 6.07) is -0.900. The number of hydrogen-bond acceptors (Lipinski definition) is 7. The third-order valence-corrected chi connectivity index (χ3v) is 16.5. The fourth-order valence-electron chi connectivity index (χ4n) is 10.1. The van der Waals surface area contributed by atoms with Crippen LogP contribution < -0.4 is 10.2 Å². The molecule has 0 heterocycles. The molecule has 0 aliphatic carbocycles. The van der Waals surface area contributed by atoms with Crippen LogP contribution in [0.4, 0.5) is 0 Å². The van der Waals surface area contributed by atoms with E-state index in [-0.39, 0.29) is 24.9 Å². The van der Waals surface area contributed by atoms with Crippen LogP contribution in [0.25, 0.3) is 0 Å². The average Bonchev–Trinajstić information content (AvgIpc) is 3.52. The molecular weight excluding hydrogens is 1070 g/mol. The molecule has 1 N–H and O–H groups in total. The Morgan fingerprint density at radius 1 is 0.424 bits per heavy atom. The molecule has 0 spiro atoms. The van der Waals surface area contributed by atoms with Crippen LogP contribution in [-0.4, -0.2) is 69.4 Å². The standard InChI is InChI=1S/C75H135N2O7P/c1-7-10-13-16-19-22-25-28-30-32-34-36-38-40-42-44-46-49-52-55-58-61-64-67-74(78)76-72(71-83-85(80,81)82-70-69-77(4,5)6)73(66-63-60-57-54-51-48-27-24-21-18-15-12-9-3)84-75(79)68-65-62-59-56-53-50-47-45-43-41-39-37-35-33-31-29-26-23-20-17-14-11-8-2/h11,14,19-20,22-23,28-31,35,37,41,43,63,66,72-73H,7-10,12-13,15-18,21,24-27,32-34,36,38-40,42,44-62,64-65,67-71H2,1-6H3,(H-,76,78,80,81)/b14-11-,22-19-,23-20-,30-28-,31-29-,37-35-,43-41-,66-63+. The van der Waals surface area contributed by atoms with Crippen molar-refractivity contribution in [3.63, 3.8) is 0 Å². The Morgan fingerprint density at radius 2 is 0.753 bits per heavy atom. The summed E-state index contributed by atoms with van der Waals surface area (Å²) >= 11 is 0. The SMILES string of the molecule is CC/C=C\C/C=C\C/C=C\C/C=C\C/C=C\CCCCCCCCCC(=O)OC(/C=C/CCCCCCCCCCCCC)C(COP(=O)([O-])OCC[N+](C)(C)C)NC(=O)CCCCCCCCCCCCCCC/C=C\C/C=C\CCCCC. The summed E-state index contributed by atoms with van der Waals surface area (Å²) in [7, 11) is 1.17. The van der Waals surface area contributed by atoms with Crippen molar-refractivity contribution in [2.24, 2.45) is 0 Å². The minimum atomic E-state index is -4.71. The number of hydrogen-bond donors (Lipinski definition) is 1. The number of phosphoric acid groups is 1. The number of ether oxygens (including phenoxy) is 1. The van der Waals surface area contributed by atoms with E-state index in [1.54, 1.807) is 0 Å². The number of nitrogens with one attached hydrogen (secondary N) is 1. The molecule has 0 aromatic rings. The van der Waals surface area contributed by atoms with Crippen molar-refractivity contribution in [2.75, 3.05) is 40.9 Å².